The van der Waals surface area contributed by atoms with Crippen LogP contribution in [0.15, 0.2) is 67.1 Å². The van der Waals surface area contributed by atoms with Crippen molar-refractivity contribution in [1.82, 2.24) is 29.9 Å². The third-order valence-electron chi connectivity index (χ3n) is 3.74. The van der Waals surface area contributed by atoms with Crippen molar-refractivity contribution in [3.63, 3.8) is 0 Å². The van der Waals surface area contributed by atoms with Crippen molar-refractivity contribution in [2.24, 2.45) is 0 Å². The molecule has 1 amide bonds. The number of anilines is 1. The van der Waals surface area contributed by atoms with Crippen LogP contribution in [0.4, 0.5) is 5.95 Å². The second kappa shape index (κ2) is 6.98. The molecule has 0 saturated heterocycles. The Morgan fingerprint density at radius 2 is 1.96 bits per heavy atom. The van der Waals surface area contributed by atoms with E-state index in [0.29, 0.717) is 23.6 Å². The molecule has 0 aliphatic carbocycles. The van der Waals surface area contributed by atoms with Crippen LogP contribution in [-0.2, 0) is 6.54 Å². The largest absolute Gasteiger partial charge is 0.289 e. The van der Waals surface area contributed by atoms with Crippen molar-refractivity contribution in [3.05, 3.63) is 78.2 Å². The summed E-state index contributed by atoms with van der Waals surface area (Å²) in [5.74, 6) is 0.425. The fourth-order valence-corrected chi connectivity index (χ4v) is 2.45. The number of nitrogens with one attached hydrogen (secondary N) is 2. The topological polar surface area (TPSA) is 101 Å². The number of hydrogen-bond acceptors (Lipinski definition) is 5. The highest BCUT2D eigenvalue weighted by atomic mass is 16.1. The molecule has 0 aliphatic heterocycles. The maximum absolute atomic E-state index is 12.3. The van der Waals surface area contributed by atoms with Crippen molar-refractivity contribution < 1.29 is 4.79 Å². The highest BCUT2D eigenvalue weighted by molar-refractivity contribution is 6.03. The summed E-state index contributed by atoms with van der Waals surface area (Å²) in [7, 11) is 0. The first-order chi connectivity index (χ1) is 12.8. The summed E-state index contributed by atoms with van der Waals surface area (Å²) >= 11 is 0. The van der Waals surface area contributed by atoms with Gasteiger partial charge in [0.25, 0.3) is 5.91 Å². The first kappa shape index (κ1) is 15.7. The molecular formula is C18H15N7O. The lowest BCUT2D eigenvalue weighted by Crippen LogP contribution is -2.13. The molecule has 0 spiro atoms. The van der Waals surface area contributed by atoms with Crippen LogP contribution in [0.5, 0.6) is 0 Å². The van der Waals surface area contributed by atoms with Crippen LogP contribution >= 0.6 is 0 Å². The minimum atomic E-state index is -0.276. The standard InChI is InChI=1S/C18H15N7O/c26-17(14-7-5-13(6-8-14)12-25-11-3-10-20-25)22-18-21-16(23-24-18)15-4-1-2-9-19-15/h1-11H,12H2,(H2,21,22,23,24,26). The van der Waals surface area contributed by atoms with E-state index in [9.17, 15) is 4.79 Å². The Balaban J connectivity index is 1.42. The molecule has 3 heterocycles. The van der Waals surface area contributed by atoms with E-state index in [1.54, 1.807) is 24.5 Å². The Morgan fingerprint density at radius 3 is 2.69 bits per heavy atom. The highest BCUT2D eigenvalue weighted by Gasteiger charge is 2.11. The lowest BCUT2D eigenvalue weighted by atomic mass is 10.1. The van der Waals surface area contributed by atoms with E-state index < -0.39 is 0 Å². The fourth-order valence-electron chi connectivity index (χ4n) is 2.45. The van der Waals surface area contributed by atoms with Gasteiger partial charge in [-0.05, 0) is 35.9 Å². The molecule has 0 aliphatic rings. The van der Waals surface area contributed by atoms with Crippen molar-refractivity contribution in [3.8, 4) is 11.5 Å². The molecule has 0 saturated carbocycles. The zero-order chi connectivity index (χ0) is 17.8. The first-order valence-corrected chi connectivity index (χ1v) is 7.99. The number of carbonyl (C=O) groups excluding carboxylic acids is 1. The maximum atomic E-state index is 12.3. The number of amides is 1. The Bertz CT molecular complexity index is 992. The van der Waals surface area contributed by atoms with E-state index in [4.69, 9.17) is 0 Å². The van der Waals surface area contributed by atoms with Crippen LogP contribution in [0, 0.1) is 0 Å². The number of nitrogens with zero attached hydrogens (tertiary/aromatic N) is 5. The average Bonchev–Trinajstić information content (AvgIpc) is 3.35. The number of pyridine rings is 1. The van der Waals surface area contributed by atoms with Crippen LogP contribution in [0.3, 0.4) is 0 Å². The van der Waals surface area contributed by atoms with Gasteiger partial charge in [0.05, 0.1) is 6.54 Å². The summed E-state index contributed by atoms with van der Waals surface area (Å²) in [6.45, 7) is 0.656. The predicted molar refractivity (Wildman–Crippen MR) is 95.3 cm³/mol. The van der Waals surface area contributed by atoms with Crippen molar-refractivity contribution in [1.29, 1.82) is 0 Å². The third kappa shape index (κ3) is 3.48. The number of aromatic amines is 1. The summed E-state index contributed by atoms with van der Waals surface area (Å²) in [4.78, 5) is 20.8. The quantitative estimate of drug-likeness (QED) is 0.578. The van der Waals surface area contributed by atoms with E-state index in [1.165, 1.54) is 0 Å². The lowest BCUT2D eigenvalue weighted by Gasteiger charge is -2.04. The van der Waals surface area contributed by atoms with Gasteiger partial charge in [-0.2, -0.15) is 10.1 Å². The Labute approximate surface area is 148 Å². The van der Waals surface area contributed by atoms with Crippen LogP contribution in [0.2, 0.25) is 0 Å². The number of hydrogen-bond donors (Lipinski definition) is 2. The van der Waals surface area contributed by atoms with Gasteiger partial charge in [0.15, 0.2) is 5.82 Å². The van der Waals surface area contributed by atoms with Gasteiger partial charge in [-0.25, -0.2) is 0 Å². The van der Waals surface area contributed by atoms with Crippen molar-refractivity contribution in [2.75, 3.05) is 5.32 Å². The molecule has 128 valence electrons. The minimum absolute atomic E-state index is 0.205. The normalized spacial score (nSPS) is 10.6. The molecule has 3 aromatic heterocycles. The van der Waals surface area contributed by atoms with Gasteiger partial charge in [0, 0.05) is 24.2 Å². The van der Waals surface area contributed by atoms with Crippen LogP contribution in [-0.4, -0.2) is 35.9 Å². The van der Waals surface area contributed by atoms with Gasteiger partial charge in [0.2, 0.25) is 5.95 Å². The second-order valence-electron chi connectivity index (χ2n) is 5.58. The molecule has 0 bridgehead atoms. The Morgan fingerprint density at radius 1 is 1.08 bits per heavy atom. The molecule has 0 fully saturated rings. The fraction of sp³-hybridized carbons (Fsp3) is 0.0556. The van der Waals surface area contributed by atoms with Crippen LogP contribution < -0.4 is 5.32 Å². The molecule has 8 heteroatoms. The summed E-state index contributed by atoms with van der Waals surface area (Å²) in [5.41, 5.74) is 2.24. The number of aromatic nitrogens is 6. The number of benzene rings is 1. The third-order valence-corrected chi connectivity index (χ3v) is 3.74. The zero-order valence-corrected chi connectivity index (χ0v) is 13.7. The molecule has 2 N–H and O–H groups in total. The lowest BCUT2D eigenvalue weighted by molar-refractivity contribution is 0.102. The van der Waals surface area contributed by atoms with E-state index in [2.05, 4.69) is 30.6 Å². The molecule has 8 nitrogen and oxygen atoms in total. The first-order valence-electron chi connectivity index (χ1n) is 7.99. The molecule has 0 unspecified atom stereocenters. The summed E-state index contributed by atoms with van der Waals surface area (Å²) in [6.07, 6.45) is 5.29. The predicted octanol–water partition coefficient (Wildman–Crippen LogP) is 2.36. The molecular weight excluding hydrogens is 330 g/mol. The number of H-pyrrole nitrogens is 1. The molecule has 26 heavy (non-hydrogen) atoms. The van der Waals surface area contributed by atoms with E-state index in [1.807, 2.05) is 47.3 Å². The van der Waals surface area contributed by atoms with Gasteiger partial charge in [-0.1, -0.05) is 18.2 Å². The van der Waals surface area contributed by atoms with Gasteiger partial charge in [-0.15, -0.1) is 5.10 Å². The number of rotatable bonds is 5. The second-order valence-corrected chi connectivity index (χ2v) is 5.58. The SMILES string of the molecule is O=C(Nc1n[nH]c(-c2ccccn2)n1)c1ccc(Cn2cccn2)cc1. The average molecular weight is 345 g/mol. The Hall–Kier alpha value is -3.81. The molecule has 0 atom stereocenters. The summed E-state index contributed by atoms with van der Waals surface area (Å²) in [5, 5.41) is 13.6. The maximum Gasteiger partial charge on any atom is 0.258 e. The molecule has 1 aromatic carbocycles. The monoisotopic (exact) mass is 345 g/mol. The summed E-state index contributed by atoms with van der Waals surface area (Å²) < 4.78 is 1.82. The van der Waals surface area contributed by atoms with E-state index in [-0.39, 0.29) is 11.9 Å². The van der Waals surface area contributed by atoms with E-state index >= 15 is 0 Å². The van der Waals surface area contributed by atoms with Gasteiger partial charge < -0.3 is 0 Å². The van der Waals surface area contributed by atoms with Gasteiger partial charge >= 0.3 is 0 Å². The van der Waals surface area contributed by atoms with Crippen LogP contribution in [0.1, 0.15) is 15.9 Å². The number of carbonyl (C=O) groups is 1. The Kier molecular flexibility index (Phi) is 4.21. The molecule has 4 rings (SSSR count). The zero-order valence-electron chi connectivity index (χ0n) is 13.7. The minimum Gasteiger partial charge on any atom is -0.289 e. The van der Waals surface area contributed by atoms with Crippen molar-refractivity contribution >= 4 is 11.9 Å². The van der Waals surface area contributed by atoms with E-state index in [0.717, 1.165) is 5.56 Å². The molecule has 4 aromatic rings. The van der Waals surface area contributed by atoms with Gasteiger partial charge in [0.1, 0.15) is 5.69 Å². The molecule has 0 radical (unpaired) electrons. The van der Waals surface area contributed by atoms with Crippen molar-refractivity contribution in [2.45, 2.75) is 6.54 Å². The van der Waals surface area contributed by atoms with Crippen LogP contribution in [0.25, 0.3) is 11.5 Å². The summed E-state index contributed by atoms with van der Waals surface area (Å²) in [6, 6.07) is 14.7. The smallest absolute Gasteiger partial charge is 0.258 e. The highest BCUT2D eigenvalue weighted by Crippen LogP contribution is 2.13. The van der Waals surface area contributed by atoms with Gasteiger partial charge in [-0.3, -0.25) is 24.9 Å².